The molecule has 1 aromatic heterocycles. The normalized spacial score (nSPS) is 10.2. The zero-order chi connectivity index (χ0) is 13.8. The van der Waals surface area contributed by atoms with Crippen molar-refractivity contribution < 1.29 is 10.2 Å². The molecule has 2 aromatic rings. The molecule has 0 saturated carbocycles. The topological polar surface area (TPSA) is 68.6 Å². The Bertz CT molecular complexity index is 570. The summed E-state index contributed by atoms with van der Waals surface area (Å²) in [6.45, 7) is 0.457. The number of hydrogen-bond donors (Lipinski definition) is 3. The van der Waals surface area contributed by atoms with Crippen LogP contribution in [0.5, 0.6) is 11.5 Å². The molecule has 0 atom stereocenters. The second-order valence-corrected chi connectivity index (χ2v) is 4.45. The highest BCUT2D eigenvalue weighted by Crippen LogP contribution is 2.26. The Morgan fingerprint density at radius 1 is 1.21 bits per heavy atom. The molecule has 1 aromatic carbocycles. The number of anilines is 2. The molecule has 0 radical (unpaired) electrons. The van der Waals surface area contributed by atoms with Crippen molar-refractivity contribution in [1.82, 2.24) is 4.98 Å². The molecule has 0 aliphatic rings. The van der Waals surface area contributed by atoms with Gasteiger partial charge in [0.2, 0.25) is 0 Å². The predicted molar refractivity (Wildman–Crippen MR) is 75.7 cm³/mol. The third kappa shape index (κ3) is 3.07. The summed E-state index contributed by atoms with van der Waals surface area (Å²) >= 11 is 0. The minimum Gasteiger partial charge on any atom is -0.508 e. The van der Waals surface area contributed by atoms with Gasteiger partial charge < -0.3 is 20.4 Å². The molecule has 5 heteroatoms. The van der Waals surface area contributed by atoms with Crippen molar-refractivity contribution in [2.75, 3.05) is 24.3 Å². The fourth-order valence-corrected chi connectivity index (χ4v) is 1.81. The molecular weight excluding hydrogens is 242 g/mol. The fourth-order valence-electron chi connectivity index (χ4n) is 1.81. The lowest BCUT2D eigenvalue weighted by atomic mass is 10.2. The van der Waals surface area contributed by atoms with Crippen molar-refractivity contribution in [2.24, 2.45) is 0 Å². The quantitative estimate of drug-likeness (QED) is 0.785. The molecule has 5 nitrogen and oxygen atoms in total. The highest BCUT2D eigenvalue weighted by Gasteiger charge is 2.06. The summed E-state index contributed by atoms with van der Waals surface area (Å²) in [5, 5.41) is 22.2. The maximum atomic E-state index is 9.72. The Kier molecular flexibility index (Phi) is 3.75. The average molecular weight is 259 g/mol. The number of aromatic nitrogens is 1. The number of benzene rings is 1. The molecule has 3 N–H and O–H groups in total. The standard InChI is InChI=1S/C14H17N3O2/c1-17(2)13-5-6-15-9-12(13)16-8-10-3-4-11(18)7-14(10)19/h3-7,9,16,18-19H,8H2,1-2H3. The van der Waals surface area contributed by atoms with Crippen LogP contribution in [0.4, 0.5) is 11.4 Å². The number of pyridine rings is 1. The first-order valence-electron chi connectivity index (χ1n) is 5.94. The van der Waals surface area contributed by atoms with E-state index in [4.69, 9.17) is 0 Å². The minimum atomic E-state index is 0.0524. The number of aromatic hydroxyl groups is 2. The highest BCUT2D eigenvalue weighted by atomic mass is 16.3. The van der Waals surface area contributed by atoms with Gasteiger partial charge in [-0.15, -0.1) is 0 Å². The lowest BCUT2D eigenvalue weighted by Crippen LogP contribution is -2.12. The molecule has 0 fully saturated rings. The second-order valence-electron chi connectivity index (χ2n) is 4.45. The zero-order valence-electron chi connectivity index (χ0n) is 11.0. The summed E-state index contributed by atoms with van der Waals surface area (Å²) in [6, 6.07) is 6.47. The molecule has 0 unspecified atom stereocenters. The number of phenolic OH excluding ortho intramolecular Hbond substituents is 2. The number of rotatable bonds is 4. The average Bonchev–Trinajstić information content (AvgIpc) is 2.38. The molecule has 0 amide bonds. The van der Waals surface area contributed by atoms with E-state index in [1.54, 1.807) is 24.5 Å². The van der Waals surface area contributed by atoms with Crippen LogP contribution in [0.1, 0.15) is 5.56 Å². The summed E-state index contributed by atoms with van der Waals surface area (Å²) in [6.07, 6.45) is 3.48. The third-order valence-corrected chi connectivity index (χ3v) is 2.82. The van der Waals surface area contributed by atoms with Gasteiger partial charge in [0.15, 0.2) is 0 Å². The molecule has 0 aliphatic heterocycles. The van der Waals surface area contributed by atoms with E-state index in [9.17, 15) is 10.2 Å². The molecule has 100 valence electrons. The van der Waals surface area contributed by atoms with Gasteiger partial charge in [-0.1, -0.05) is 0 Å². The molecule has 0 aliphatic carbocycles. The van der Waals surface area contributed by atoms with Crippen molar-refractivity contribution >= 4 is 11.4 Å². The Hall–Kier alpha value is -2.43. The lowest BCUT2D eigenvalue weighted by molar-refractivity contribution is 0.446. The number of phenols is 2. The van der Waals surface area contributed by atoms with E-state index in [-0.39, 0.29) is 11.5 Å². The Morgan fingerprint density at radius 2 is 2.00 bits per heavy atom. The zero-order valence-corrected chi connectivity index (χ0v) is 11.0. The number of hydrogen-bond acceptors (Lipinski definition) is 5. The summed E-state index contributed by atoms with van der Waals surface area (Å²) in [7, 11) is 3.91. The lowest BCUT2D eigenvalue weighted by Gasteiger charge is -2.18. The smallest absolute Gasteiger partial charge is 0.124 e. The highest BCUT2D eigenvalue weighted by molar-refractivity contribution is 5.68. The van der Waals surface area contributed by atoms with Crippen molar-refractivity contribution in [1.29, 1.82) is 0 Å². The van der Waals surface area contributed by atoms with E-state index >= 15 is 0 Å². The molecular formula is C14H17N3O2. The van der Waals surface area contributed by atoms with E-state index in [0.29, 0.717) is 12.1 Å². The van der Waals surface area contributed by atoms with Gasteiger partial charge in [-0.3, -0.25) is 4.98 Å². The molecule has 19 heavy (non-hydrogen) atoms. The maximum Gasteiger partial charge on any atom is 0.124 e. The Labute approximate surface area is 112 Å². The van der Waals surface area contributed by atoms with Crippen molar-refractivity contribution in [3.8, 4) is 11.5 Å². The van der Waals surface area contributed by atoms with Crippen LogP contribution in [0.15, 0.2) is 36.7 Å². The summed E-state index contributed by atoms with van der Waals surface area (Å²) in [4.78, 5) is 6.07. The van der Waals surface area contributed by atoms with Gasteiger partial charge >= 0.3 is 0 Å². The summed E-state index contributed by atoms with van der Waals surface area (Å²) in [5.74, 6) is 0.124. The van der Waals surface area contributed by atoms with Gasteiger partial charge in [-0.05, 0) is 18.2 Å². The first-order valence-corrected chi connectivity index (χ1v) is 5.94. The van der Waals surface area contributed by atoms with Gasteiger partial charge in [0.1, 0.15) is 11.5 Å². The van der Waals surface area contributed by atoms with E-state index < -0.39 is 0 Å². The summed E-state index contributed by atoms with van der Waals surface area (Å²) in [5.41, 5.74) is 2.62. The molecule has 0 saturated heterocycles. The number of nitrogens with zero attached hydrogens (tertiary/aromatic N) is 2. The predicted octanol–water partition coefficient (Wildman–Crippen LogP) is 2.17. The first-order chi connectivity index (χ1) is 9.08. The summed E-state index contributed by atoms with van der Waals surface area (Å²) < 4.78 is 0. The van der Waals surface area contributed by atoms with Gasteiger partial charge in [0.25, 0.3) is 0 Å². The van der Waals surface area contributed by atoms with Crippen LogP contribution in [0, 0.1) is 0 Å². The second kappa shape index (κ2) is 5.48. The van der Waals surface area contributed by atoms with Crippen molar-refractivity contribution in [3.63, 3.8) is 0 Å². The van der Waals surface area contributed by atoms with Crippen molar-refractivity contribution in [2.45, 2.75) is 6.54 Å². The van der Waals surface area contributed by atoms with Gasteiger partial charge in [-0.25, -0.2) is 0 Å². The van der Waals surface area contributed by atoms with Gasteiger partial charge in [0, 0.05) is 38.5 Å². The van der Waals surface area contributed by atoms with E-state index in [2.05, 4.69) is 10.3 Å². The fraction of sp³-hybridized carbons (Fsp3) is 0.214. The largest absolute Gasteiger partial charge is 0.508 e. The van der Waals surface area contributed by atoms with Crippen LogP contribution in [0.25, 0.3) is 0 Å². The van der Waals surface area contributed by atoms with Crippen molar-refractivity contribution in [3.05, 3.63) is 42.2 Å². The van der Waals surface area contributed by atoms with Crippen LogP contribution < -0.4 is 10.2 Å². The van der Waals surface area contributed by atoms with Crippen LogP contribution in [-0.4, -0.2) is 29.3 Å². The monoisotopic (exact) mass is 259 g/mol. The first kappa shape index (κ1) is 13.0. The van der Waals surface area contributed by atoms with E-state index in [1.807, 2.05) is 25.1 Å². The maximum absolute atomic E-state index is 9.72. The SMILES string of the molecule is CN(C)c1ccncc1NCc1ccc(O)cc1O. The third-order valence-electron chi connectivity index (χ3n) is 2.82. The van der Waals surface area contributed by atoms with Gasteiger partial charge in [-0.2, -0.15) is 0 Å². The van der Waals surface area contributed by atoms with Crippen LogP contribution in [-0.2, 0) is 6.54 Å². The molecule has 2 rings (SSSR count). The van der Waals surface area contributed by atoms with E-state index in [0.717, 1.165) is 11.4 Å². The van der Waals surface area contributed by atoms with Crippen LogP contribution in [0.2, 0.25) is 0 Å². The minimum absolute atomic E-state index is 0.0524. The Morgan fingerprint density at radius 3 is 2.68 bits per heavy atom. The van der Waals surface area contributed by atoms with E-state index in [1.165, 1.54) is 6.07 Å². The van der Waals surface area contributed by atoms with Gasteiger partial charge in [0.05, 0.1) is 17.6 Å². The van der Waals surface area contributed by atoms with Crippen LogP contribution >= 0.6 is 0 Å². The molecule has 0 spiro atoms. The Balaban J connectivity index is 2.14. The molecule has 1 heterocycles. The number of nitrogens with one attached hydrogen (secondary N) is 1. The molecule has 0 bridgehead atoms. The van der Waals surface area contributed by atoms with Crippen LogP contribution in [0.3, 0.4) is 0 Å².